The average molecular weight is 384 g/mol. The van der Waals surface area contributed by atoms with Crippen molar-refractivity contribution in [3.8, 4) is 17.2 Å². The first-order valence-corrected chi connectivity index (χ1v) is 8.32. The number of aromatic carboxylic acids is 1. The number of halogens is 3. The Bertz CT molecular complexity index is 1060. The lowest BCUT2D eigenvalue weighted by Crippen LogP contribution is -2.15. The highest BCUT2D eigenvalue weighted by Gasteiger charge is 2.41. The van der Waals surface area contributed by atoms with Gasteiger partial charge in [0.15, 0.2) is 0 Å². The summed E-state index contributed by atoms with van der Waals surface area (Å²) in [4.78, 5) is 11.7. The van der Waals surface area contributed by atoms with Gasteiger partial charge in [-0.25, -0.2) is 4.79 Å². The van der Waals surface area contributed by atoms with Gasteiger partial charge >= 0.3 is 12.1 Å². The molecule has 4 nitrogen and oxygen atoms in total. The second-order valence-electron chi connectivity index (χ2n) is 6.21. The molecule has 0 amide bonds. The molecule has 1 N–H and O–H groups in total. The minimum absolute atomic E-state index is 0.231. The first-order chi connectivity index (χ1) is 13.3. The fraction of sp³-hybridized carbons (Fsp3) is 0.143. The highest BCUT2D eigenvalue weighted by molar-refractivity contribution is 5.97. The van der Waals surface area contributed by atoms with Gasteiger partial charge in [0, 0.05) is 12.6 Å². The number of carboxylic acids is 1. The number of hydrogen-bond donors (Lipinski definition) is 1. The highest BCUT2D eigenvalue weighted by Crippen LogP contribution is 2.40. The topological polar surface area (TPSA) is 66.0 Å². The van der Waals surface area contributed by atoms with E-state index in [1.165, 1.54) is 18.2 Å². The number of carboxylic acid groups (broad SMARTS) is 1. The van der Waals surface area contributed by atoms with Crippen LogP contribution in [0.25, 0.3) is 16.7 Å². The number of rotatable bonds is 3. The van der Waals surface area contributed by atoms with Gasteiger partial charge in [0.2, 0.25) is 0 Å². The first-order valence-electron chi connectivity index (χ1n) is 8.32. The Morgan fingerprint density at radius 2 is 1.79 bits per heavy atom. The van der Waals surface area contributed by atoms with Crippen LogP contribution in [-0.2, 0) is 13.2 Å². The Morgan fingerprint density at radius 1 is 1.14 bits per heavy atom. The van der Waals surface area contributed by atoms with Crippen molar-refractivity contribution >= 4 is 11.5 Å². The van der Waals surface area contributed by atoms with Gasteiger partial charge in [-0.2, -0.15) is 18.4 Å². The summed E-state index contributed by atoms with van der Waals surface area (Å²) in [6, 6.07) is 8.03. The van der Waals surface area contributed by atoms with Crippen LogP contribution in [0.1, 0.15) is 33.7 Å². The minimum Gasteiger partial charge on any atom is -0.477 e. The number of nitriles is 1. The standard InChI is InChI=1S/C21H15F3N2O2/c1-26-18(20(27)28)17(16(12-25)19(26)21(22,23)24)15-10-8-14(9-11-15)13-6-4-2-3-5-7-13/h2-6,8-11H,7H2,1H3,(H,27,28). The molecule has 0 saturated heterocycles. The van der Waals surface area contributed by atoms with Crippen LogP contribution in [0, 0.1) is 11.3 Å². The molecule has 2 aromatic rings. The van der Waals surface area contributed by atoms with Crippen LogP contribution in [0.15, 0.2) is 54.6 Å². The van der Waals surface area contributed by atoms with Gasteiger partial charge < -0.3 is 9.67 Å². The molecule has 0 fully saturated rings. The number of carbonyl (C=O) groups is 1. The van der Waals surface area contributed by atoms with Crippen molar-refractivity contribution in [3.05, 3.63) is 77.2 Å². The van der Waals surface area contributed by atoms with E-state index in [0.717, 1.165) is 18.2 Å². The molecule has 0 saturated carbocycles. The van der Waals surface area contributed by atoms with Crippen LogP contribution in [0.4, 0.5) is 13.2 Å². The van der Waals surface area contributed by atoms with E-state index in [1.807, 2.05) is 30.4 Å². The SMILES string of the molecule is Cn1c(C(=O)O)c(-c2ccc(C3=CC=CC=CC3)cc2)c(C#N)c1C(F)(F)F. The van der Waals surface area contributed by atoms with Crippen molar-refractivity contribution in [1.82, 2.24) is 4.57 Å². The highest BCUT2D eigenvalue weighted by atomic mass is 19.4. The second kappa shape index (κ2) is 7.24. The maximum Gasteiger partial charge on any atom is 0.432 e. The van der Waals surface area contributed by atoms with Crippen molar-refractivity contribution in [2.45, 2.75) is 12.6 Å². The molecule has 0 bridgehead atoms. The molecule has 28 heavy (non-hydrogen) atoms. The summed E-state index contributed by atoms with van der Waals surface area (Å²) in [5.74, 6) is -1.53. The molecule has 0 atom stereocenters. The molecule has 1 aromatic carbocycles. The quantitative estimate of drug-likeness (QED) is 0.793. The molecular weight excluding hydrogens is 369 g/mol. The zero-order valence-corrected chi connectivity index (χ0v) is 14.8. The lowest BCUT2D eigenvalue weighted by molar-refractivity contribution is -0.143. The maximum atomic E-state index is 13.4. The molecule has 0 aliphatic heterocycles. The fourth-order valence-electron chi connectivity index (χ4n) is 3.30. The summed E-state index contributed by atoms with van der Waals surface area (Å²) in [6.07, 6.45) is 5.44. The number of allylic oxidation sites excluding steroid dienone is 6. The number of aromatic nitrogens is 1. The maximum absolute atomic E-state index is 13.4. The van der Waals surface area contributed by atoms with Crippen LogP contribution < -0.4 is 0 Å². The predicted octanol–water partition coefficient (Wildman–Crippen LogP) is 5.18. The monoisotopic (exact) mass is 384 g/mol. The minimum atomic E-state index is -4.86. The molecule has 1 aliphatic rings. The smallest absolute Gasteiger partial charge is 0.432 e. The van der Waals surface area contributed by atoms with Gasteiger partial charge in [0.05, 0.1) is 5.56 Å². The van der Waals surface area contributed by atoms with Crippen LogP contribution in [0.5, 0.6) is 0 Å². The summed E-state index contributed by atoms with van der Waals surface area (Å²) >= 11 is 0. The third-order valence-electron chi connectivity index (χ3n) is 4.52. The average Bonchev–Trinajstić information content (AvgIpc) is 2.78. The first kappa shape index (κ1) is 19.2. The van der Waals surface area contributed by atoms with E-state index in [9.17, 15) is 28.3 Å². The summed E-state index contributed by atoms with van der Waals surface area (Å²) in [5.41, 5.74) is -0.652. The molecular formula is C21H15F3N2O2. The Hall–Kier alpha value is -3.53. The van der Waals surface area contributed by atoms with E-state index >= 15 is 0 Å². The van der Waals surface area contributed by atoms with Crippen LogP contribution in [-0.4, -0.2) is 15.6 Å². The van der Waals surface area contributed by atoms with Crippen molar-refractivity contribution in [2.24, 2.45) is 7.05 Å². The summed E-state index contributed by atoms with van der Waals surface area (Å²) in [7, 11) is 1.000. The summed E-state index contributed by atoms with van der Waals surface area (Å²) < 4.78 is 40.8. The Morgan fingerprint density at radius 3 is 2.36 bits per heavy atom. The summed E-state index contributed by atoms with van der Waals surface area (Å²) in [5, 5.41) is 18.8. The summed E-state index contributed by atoms with van der Waals surface area (Å²) in [6.45, 7) is 0. The van der Waals surface area contributed by atoms with Crippen molar-refractivity contribution in [2.75, 3.05) is 0 Å². The van der Waals surface area contributed by atoms with Gasteiger partial charge in [0.1, 0.15) is 17.5 Å². The van der Waals surface area contributed by atoms with E-state index in [0.29, 0.717) is 11.0 Å². The van der Waals surface area contributed by atoms with Gasteiger partial charge in [-0.15, -0.1) is 0 Å². The zero-order chi connectivity index (χ0) is 20.5. The van der Waals surface area contributed by atoms with Gasteiger partial charge in [-0.1, -0.05) is 54.6 Å². The third kappa shape index (κ3) is 3.37. The largest absolute Gasteiger partial charge is 0.477 e. The lowest BCUT2D eigenvalue weighted by Gasteiger charge is -2.08. The molecule has 1 aliphatic carbocycles. The molecule has 142 valence electrons. The fourth-order valence-corrected chi connectivity index (χ4v) is 3.30. The molecule has 7 heteroatoms. The Balaban J connectivity index is 2.17. The molecule has 0 radical (unpaired) electrons. The van der Waals surface area contributed by atoms with E-state index in [1.54, 1.807) is 12.1 Å². The van der Waals surface area contributed by atoms with E-state index in [2.05, 4.69) is 0 Å². The van der Waals surface area contributed by atoms with Gasteiger partial charge in [-0.3, -0.25) is 0 Å². The predicted molar refractivity (Wildman–Crippen MR) is 98.4 cm³/mol. The van der Waals surface area contributed by atoms with E-state index < -0.39 is 29.1 Å². The molecule has 1 aromatic heterocycles. The van der Waals surface area contributed by atoms with Crippen LogP contribution in [0.3, 0.4) is 0 Å². The molecule has 1 heterocycles. The number of alkyl halides is 3. The zero-order valence-electron chi connectivity index (χ0n) is 14.8. The normalized spacial score (nSPS) is 13.8. The molecule has 0 unspecified atom stereocenters. The molecule has 0 spiro atoms. The van der Waals surface area contributed by atoms with Crippen LogP contribution >= 0.6 is 0 Å². The van der Waals surface area contributed by atoms with Crippen molar-refractivity contribution in [3.63, 3.8) is 0 Å². The third-order valence-corrected chi connectivity index (χ3v) is 4.52. The molecule has 3 rings (SSSR count). The number of hydrogen-bond acceptors (Lipinski definition) is 2. The van der Waals surface area contributed by atoms with Gasteiger partial charge in [0.25, 0.3) is 0 Å². The Labute approximate surface area is 159 Å². The van der Waals surface area contributed by atoms with E-state index in [4.69, 9.17) is 0 Å². The lowest BCUT2D eigenvalue weighted by atomic mass is 9.96. The van der Waals surface area contributed by atoms with Gasteiger partial charge in [-0.05, 0) is 23.1 Å². The van der Waals surface area contributed by atoms with E-state index in [-0.39, 0.29) is 11.1 Å². The second-order valence-corrected chi connectivity index (χ2v) is 6.21. The Kier molecular flexibility index (Phi) is 4.97. The van der Waals surface area contributed by atoms with Crippen LogP contribution in [0.2, 0.25) is 0 Å². The van der Waals surface area contributed by atoms with Crippen molar-refractivity contribution in [1.29, 1.82) is 5.26 Å². The number of benzene rings is 1. The number of nitrogens with zero attached hydrogens (tertiary/aromatic N) is 2. The van der Waals surface area contributed by atoms with Crippen molar-refractivity contribution < 1.29 is 23.1 Å².